The fourth-order valence-corrected chi connectivity index (χ4v) is 4.26. The molecule has 1 aliphatic rings. The Morgan fingerprint density at radius 2 is 2.03 bits per heavy atom. The molecule has 2 heterocycles. The quantitative estimate of drug-likeness (QED) is 0.498. The molecule has 0 aliphatic carbocycles. The van der Waals surface area contributed by atoms with Crippen LogP contribution in [0.4, 0.5) is 16.2 Å². The van der Waals surface area contributed by atoms with Gasteiger partial charge in [0.2, 0.25) is 10.0 Å². The summed E-state index contributed by atoms with van der Waals surface area (Å²) >= 11 is 0. The number of urea groups is 1. The van der Waals surface area contributed by atoms with E-state index in [1.54, 1.807) is 32.9 Å². The van der Waals surface area contributed by atoms with Gasteiger partial charge in [-0.1, -0.05) is 12.1 Å². The molecule has 0 bridgehead atoms. The van der Waals surface area contributed by atoms with Gasteiger partial charge in [0, 0.05) is 25.2 Å². The summed E-state index contributed by atoms with van der Waals surface area (Å²) < 4.78 is 36.4. The summed E-state index contributed by atoms with van der Waals surface area (Å²) in [6, 6.07) is 3.60. The van der Waals surface area contributed by atoms with Crippen LogP contribution in [0.15, 0.2) is 22.7 Å². The van der Waals surface area contributed by atoms with Gasteiger partial charge in [-0.25, -0.2) is 17.5 Å². The molecule has 0 radical (unpaired) electrons. The van der Waals surface area contributed by atoms with Gasteiger partial charge in [0.15, 0.2) is 5.76 Å². The number of carbonyl (C=O) groups excluding carboxylic acids is 2. The maximum absolute atomic E-state index is 13.5. The van der Waals surface area contributed by atoms with E-state index < -0.39 is 28.2 Å². The Labute approximate surface area is 210 Å². The zero-order chi connectivity index (χ0) is 26.8. The average Bonchev–Trinajstić information content (AvgIpc) is 3.12. The van der Waals surface area contributed by atoms with E-state index in [0.717, 1.165) is 6.26 Å². The lowest BCUT2D eigenvalue weighted by molar-refractivity contribution is 0.0387. The lowest BCUT2D eigenvalue weighted by Gasteiger charge is -2.38. The van der Waals surface area contributed by atoms with Gasteiger partial charge in [-0.2, -0.15) is 0 Å². The van der Waals surface area contributed by atoms with Crippen LogP contribution in [0.25, 0.3) is 0 Å². The molecule has 12 nitrogen and oxygen atoms in total. The highest BCUT2D eigenvalue weighted by Gasteiger charge is 2.34. The predicted octanol–water partition coefficient (Wildman–Crippen LogP) is 2.05. The molecule has 0 fully saturated rings. The average molecular weight is 524 g/mol. The number of ether oxygens (including phenoxy) is 1. The second kappa shape index (κ2) is 10.8. The number of benzene rings is 1. The van der Waals surface area contributed by atoms with E-state index in [1.807, 2.05) is 6.92 Å². The largest absolute Gasteiger partial charge is 0.488 e. The number of aromatic nitrogens is 1. The first-order chi connectivity index (χ1) is 16.8. The maximum Gasteiger partial charge on any atom is 0.323 e. The van der Waals surface area contributed by atoms with E-state index in [-0.39, 0.29) is 42.8 Å². The zero-order valence-electron chi connectivity index (χ0n) is 21.2. The van der Waals surface area contributed by atoms with Crippen molar-refractivity contribution in [3.05, 3.63) is 35.2 Å². The van der Waals surface area contributed by atoms with E-state index in [1.165, 1.54) is 22.3 Å². The first-order valence-electron chi connectivity index (χ1n) is 11.5. The number of carbonyl (C=O) groups is 2. The zero-order valence-corrected chi connectivity index (χ0v) is 22.0. The van der Waals surface area contributed by atoms with Crippen LogP contribution in [-0.4, -0.2) is 85.0 Å². The van der Waals surface area contributed by atoms with E-state index in [0.29, 0.717) is 22.8 Å². The minimum atomic E-state index is -3.45. The molecule has 1 aliphatic heterocycles. The number of fused-ring (bicyclic) bond motifs is 1. The van der Waals surface area contributed by atoms with Crippen molar-refractivity contribution in [1.82, 2.24) is 14.4 Å². The molecule has 198 valence electrons. The van der Waals surface area contributed by atoms with Crippen LogP contribution in [-0.2, 0) is 10.0 Å². The fourth-order valence-electron chi connectivity index (χ4n) is 3.84. The number of sulfonamides is 1. The van der Waals surface area contributed by atoms with Gasteiger partial charge in [0.05, 0.1) is 31.0 Å². The van der Waals surface area contributed by atoms with E-state index >= 15 is 0 Å². The summed E-state index contributed by atoms with van der Waals surface area (Å²) in [6.07, 6.45) is 0.552. The third-order valence-corrected chi connectivity index (χ3v) is 7.48. The Morgan fingerprint density at radius 1 is 1.33 bits per heavy atom. The topological polar surface area (TPSA) is 154 Å². The summed E-state index contributed by atoms with van der Waals surface area (Å²) in [5.41, 5.74) is 1.50. The number of hydrogen-bond acceptors (Lipinski definition) is 8. The van der Waals surface area contributed by atoms with Crippen LogP contribution >= 0.6 is 0 Å². The summed E-state index contributed by atoms with van der Waals surface area (Å²) in [7, 11) is -1.98. The minimum Gasteiger partial charge on any atom is -0.488 e. The molecule has 0 saturated heterocycles. The van der Waals surface area contributed by atoms with Crippen LogP contribution in [0.5, 0.6) is 5.75 Å². The SMILES string of the molecule is Cc1noc(C)c1NC(=O)Nc1ccc2c(c1)C(=O)N([C@@H](C)CO)C[C@H](C)[C@H](CN(C)S(C)(=O)=O)O2. The van der Waals surface area contributed by atoms with Gasteiger partial charge >= 0.3 is 6.03 Å². The Hall–Kier alpha value is -3.16. The Bertz CT molecular complexity index is 1210. The predicted molar refractivity (Wildman–Crippen MR) is 134 cm³/mol. The summed E-state index contributed by atoms with van der Waals surface area (Å²) in [5, 5.41) is 18.9. The van der Waals surface area contributed by atoms with Crippen molar-refractivity contribution in [3.63, 3.8) is 0 Å². The molecule has 36 heavy (non-hydrogen) atoms. The van der Waals surface area contributed by atoms with Crippen molar-refractivity contribution >= 4 is 33.3 Å². The number of aliphatic hydroxyl groups excluding tert-OH is 1. The molecule has 3 rings (SSSR count). The maximum atomic E-state index is 13.5. The van der Waals surface area contributed by atoms with Gasteiger partial charge < -0.3 is 29.9 Å². The fraction of sp³-hybridized carbons (Fsp3) is 0.522. The van der Waals surface area contributed by atoms with Crippen molar-refractivity contribution in [2.75, 3.05) is 43.6 Å². The first-order valence-corrected chi connectivity index (χ1v) is 13.3. The van der Waals surface area contributed by atoms with E-state index in [4.69, 9.17) is 9.26 Å². The Morgan fingerprint density at radius 3 is 2.61 bits per heavy atom. The molecular formula is C23H33N5O7S. The number of likely N-dealkylation sites (N-methyl/N-ethyl adjacent to an activating group) is 1. The van der Waals surface area contributed by atoms with E-state index in [9.17, 15) is 23.1 Å². The molecule has 3 atom stereocenters. The summed E-state index contributed by atoms with van der Waals surface area (Å²) in [6.45, 7) is 7.03. The van der Waals surface area contributed by atoms with Gasteiger partial charge in [0.25, 0.3) is 5.91 Å². The van der Waals surface area contributed by atoms with Gasteiger partial charge in [-0.05, 0) is 39.0 Å². The molecule has 0 spiro atoms. The van der Waals surface area contributed by atoms with Crippen LogP contribution in [0.2, 0.25) is 0 Å². The van der Waals surface area contributed by atoms with Crippen LogP contribution in [0, 0.1) is 19.8 Å². The van der Waals surface area contributed by atoms with Crippen LogP contribution in [0.1, 0.15) is 35.7 Å². The highest BCUT2D eigenvalue weighted by Crippen LogP contribution is 2.31. The molecule has 1 aromatic heterocycles. The smallest absolute Gasteiger partial charge is 0.323 e. The van der Waals surface area contributed by atoms with Gasteiger partial charge in [-0.3, -0.25) is 4.79 Å². The highest BCUT2D eigenvalue weighted by atomic mass is 32.2. The lowest BCUT2D eigenvalue weighted by atomic mass is 9.99. The second-order valence-corrected chi connectivity index (χ2v) is 11.2. The minimum absolute atomic E-state index is 0.0782. The number of anilines is 2. The first kappa shape index (κ1) is 27.4. The van der Waals surface area contributed by atoms with Crippen molar-refractivity contribution in [3.8, 4) is 5.75 Å². The molecule has 2 aromatic rings. The number of aliphatic hydroxyl groups is 1. The van der Waals surface area contributed by atoms with Crippen molar-refractivity contribution in [1.29, 1.82) is 0 Å². The number of hydrogen-bond donors (Lipinski definition) is 3. The van der Waals surface area contributed by atoms with Gasteiger partial charge in [-0.15, -0.1) is 0 Å². The number of nitrogens with zero attached hydrogens (tertiary/aromatic N) is 3. The molecule has 3 N–H and O–H groups in total. The van der Waals surface area contributed by atoms with Crippen LogP contribution in [0.3, 0.4) is 0 Å². The number of rotatable bonds is 7. The Balaban J connectivity index is 1.92. The number of aryl methyl sites for hydroxylation is 2. The van der Waals surface area contributed by atoms with Crippen molar-refractivity contribution < 1.29 is 32.4 Å². The molecule has 0 unspecified atom stereocenters. The van der Waals surface area contributed by atoms with E-state index in [2.05, 4.69) is 15.8 Å². The molecule has 3 amide bonds. The monoisotopic (exact) mass is 523 g/mol. The molecule has 13 heteroatoms. The number of nitrogens with one attached hydrogen (secondary N) is 2. The second-order valence-electron chi connectivity index (χ2n) is 9.16. The van der Waals surface area contributed by atoms with Crippen LogP contribution < -0.4 is 15.4 Å². The Kier molecular flexibility index (Phi) is 8.26. The van der Waals surface area contributed by atoms with Crippen molar-refractivity contribution in [2.24, 2.45) is 5.92 Å². The van der Waals surface area contributed by atoms with Crippen molar-refractivity contribution in [2.45, 2.75) is 39.8 Å². The third-order valence-electron chi connectivity index (χ3n) is 6.20. The molecule has 1 aromatic carbocycles. The lowest BCUT2D eigenvalue weighted by Crippen LogP contribution is -2.50. The number of amides is 3. The summed E-state index contributed by atoms with van der Waals surface area (Å²) in [5.74, 6) is 0.101. The standard InChI is InChI=1S/C23H33N5O7S/c1-13-10-28(14(2)12-29)22(30)18-9-17(24-23(31)25-21-15(3)26-35-16(21)4)7-8-19(18)34-20(13)11-27(5)36(6,32)33/h7-9,13-14,20,29H,10-12H2,1-6H3,(H2,24,25,31)/t13-,14-,20-/m0/s1. The van der Waals surface area contributed by atoms with Gasteiger partial charge in [0.1, 0.15) is 23.2 Å². The third kappa shape index (κ3) is 6.15. The molecular weight excluding hydrogens is 490 g/mol. The summed E-state index contributed by atoms with van der Waals surface area (Å²) in [4.78, 5) is 27.6. The normalized spacial score (nSPS) is 19.2. The highest BCUT2D eigenvalue weighted by molar-refractivity contribution is 7.88. The molecule has 0 saturated carbocycles.